The van der Waals surface area contributed by atoms with Crippen LogP contribution in [-0.4, -0.2) is 26.1 Å². The van der Waals surface area contributed by atoms with Crippen molar-refractivity contribution in [2.45, 2.75) is 13.5 Å². The Morgan fingerprint density at radius 2 is 1.85 bits per heavy atom. The highest BCUT2D eigenvalue weighted by atomic mass is 16.5. The Morgan fingerprint density at radius 3 is 2.55 bits per heavy atom. The summed E-state index contributed by atoms with van der Waals surface area (Å²) in [7, 11) is 1.69. The molecule has 0 aromatic heterocycles. The maximum absolute atomic E-state index is 10.8. The third kappa shape index (κ3) is 3.48. The minimum absolute atomic E-state index is 0.00157. The standard InChI is InChI=1S/C16H20N2O2/c1-12(19)18-10-9-17-11-13-7-8-16(20-2)15-6-4-3-5-14(13)15/h3-8,17H,9-11H2,1-2H3,(H,18,19). The molecule has 0 fully saturated rings. The Hall–Kier alpha value is -2.07. The van der Waals surface area contributed by atoms with Gasteiger partial charge in [-0.25, -0.2) is 0 Å². The van der Waals surface area contributed by atoms with Gasteiger partial charge in [0.1, 0.15) is 5.75 Å². The minimum atomic E-state index is 0.00157. The van der Waals surface area contributed by atoms with E-state index in [4.69, 9.17) is 4.74 Å². The van der Waals surface area contributed by atoms with Crippen LogP contribution in [0.15, 0.2) is 36.4 Å². The molecule has 2 N–H and O–H groups in total. The first-order valence-corrected chi connectivity index (χ1v) is 6.72. The number of rotatable bonds is 6. The largest absolute Gasteiger partial charge is 0.496 e. The summed E-state index contributed by atoms with van der Waals surface area (Å²) in [6.07, 6.45) is 0. The van der Waals surface area contributed by atoms with Crippen molar-refractivity contribution in [3.63, 3.8) is 0 Å². The van der Waals surface area contributed by atoms with E-state index >= 15 is 0 Å². The number of fused-ring (bicyclic) bond motifs is 1. The van der Waals surface area contributed by atoms with Gasteiger partial charge in [0.05, 0.1) is 7.11 Å². The molecule has 2 rings (SSSR count). The van der Waals surface area contributed by atoms with Crippen LogP contribution in [0.3, 0.4) is 0 Å². The first-order valence-electron chi connectivity index (χ1n) is 6.72. The lowest BCUT2D eigenvalue weighted by atomic mass is 10.0. The fourth-order valence-corrected chi connectivity index (χ4v) is 2.22. The smallest absolute Gasteiger partial charge is 0.216 e. The van der Waals surface area contributed by atoms with Gasteiger partial charge >= 0.3 is 0 Å². The lowest BCUT2D eigenvalue weighted by Gasteiger charge is -2.11. The van der Waals surface area contributed by atoms with Gasteiger partial charge < -0.3 is 15.4 Å². The normalized spacial score (nSPS) is 10.5. The van der Waals surface area contributed by atoms with Crippen LogP contribution >= 0.6 is 0 Å². The quantitative estimate of drug-likeness (QED) is 0.792. The van der Waals surface area contributed by atoms with Gasteiger partial charge in [0, 0.05) is 31.9 Å². The van der Waals surface area contributed by atoms with Crippen LogP contribution in [-0.2, 0) is 11.3 Å². The molecule has 4 heteroatoms. The second-order valence-electron chi connectivity index (χ2n) is 4.63. The highest BCUT2D eigenvalue weighted by Gasteiger charge is 2.05. The lowest BCUT2D eigenvalue weighted by Crippen LogP contribution is -2.29. The number of hydrogen-bond acceptors (Lipinski definition) is 3. The summed E-state index contributed by atoms with van der Waals surface area (Å²) < 4.78 is 5.38. The first-order chi connectivity index (χ1) is 9.72. The summed E-state index contributed by atoms with van der Waals surface area (Å²) in [4.78, 5) is 10.8. The van der Waals surface area contributed by atoms with Crippen molar-refractivity contribution >= 4 is 16.7 Å². The fraction of sp³-hybridized carbons (Fsp3) is 0.312. The minimum Gasteiger partial charge on any atom is -0.496 e. The molecule has 0 heterocycles. The third-order valence-corrected chi connectivity index (χ3v) is 3.19. The molecule has 106 valence electrons. The van der Waals surface area contributed by atoms with Crippen molar-refractivity contribution in [1.82, 2.24) is 10.6 Å². The number of carbonyl (C=O) groups is 1. The van der Waals surface area contributed by atoms with E-state index in [1.54, 1.807) is 7.11 Å². The van der Waals surface area contributed by atoms with Crippen molar-refractivity contribution in [3.8, 4) is 5.75 Å². The zero-order valence-corrected chi connectivity index (χ0v) is 11.9. The van der Waals surface area contributed by atoms with Crippen molar-refractivity contribution in [2.75, 3.05) is 20.2 Å². The topological polar surface area (TPSA) is 50.4 Å². The molecule has 0 saturated heterocycles. The zero-order chi connectivity index (χ0) is 14.4. The van der Waals surface area contributed by atoms with E-state index in [-0.39, 0.29) is 5.91 Å². The van der Waals surface area contributed by atoms with Gasteiger partial charge in [0.2, 0.25) is 5.91 Å². The molecular weight excluding hydrogens is 252 g/mol. The molecule has 0 bridgehead atoms. The summed E-state index contributed by atoms with van der Waals surface area (Å²) in [5, 5.41) is 8.41. The molecule has 0 saturated carbocycles. The van der Waals surface area contributed by atoms with Crippen LogP contribution in [0.2, 0.25) is 0 Å². The molecule has 0 aliphatic heterocycles. The molecule has 20 heavy (non-hydrogen) atoms. The van der Waals surface area contributed by atoms with Crippen LogP contribution in [0.1, 0.15) is 12.5 Å². The molecule has 4 nitrogen and oxygen atoms in total. The highest BCUT2D eigenvalue weighted by Crippen LogP contribution is 2.28. The van der Waals surface area contributed by atoms with Crippen LogP contribution in [0.4, 0.5) is 0 Å². The number of methoxy groups -OCH3 is 1. The lowest BCUT2D eigenvalue weighted by molar-refractivity contribution is -0.118. The molecule has 0 spiro atoms. The molecule has 2 aromatic carbocycles. The molecule has 0 unspecified atom stereocenters. The van der Waals surface area contributed by atoms with Crippen molar-refractivity contribution in [2.24, 2.45) is 0 Å². The van der Waals surface area contributed by atoms with Crippen LogP contribution < -0.4 is 15.4 Å². The molecular formula is C16H20N2O2. The first kappa shape index (κ1) is 14.3. The maximum atomic E-state index is 10.8. The maximum Gasteiger partial charge on any atom is 0.216 e. The van der Waals surface area contributed by atoms with E-state index in [2.05, 4.69) is 28.8 Å². The summed E-state index contributed by atoms with van der Waals surface area (Å²) in [5.74, 6) is 0.893. The van der Waals surface area contributed by atoms with Gasteiger partial charge in [-0.1, -0.05) is 30.3 Å². The fourth-order valence-electron chi connectivity index (χ4n) is 2.22. The predicted octanol–water partition coefficient (Wildman–Crippen LogP) is 2.07. The van der Waals surface area contributed by atoms with E-state index in [0.717, 1.165) is 24.2 Å². The summed E-state index contributed by atoms with van der Waals surface area (Å²) >= 11 is 0. The van der Waals surface area contributed by atoms with Gasteiger partial charge in [-0.15, -0.1) is 0 Å². The monoisotopic (exact) mass is 272 g/mol. The average Bonchev–Trinajstić information content (AvgIpc) is 2.46. The molecule has 0 aliphatic carbocycles. The van der Waals surface area contributed by atoms with Gasteiger partial charge in [-0.2, -0.15) is 0 Å². The number of carbonyl (C=O) groups excluding carboxylic acids is 1. The molecule has 1 amide bonds. The Morgan fingerprint density at radius 1 is 1.10 bits per heavy atom. The number of amides is 1. The second kappa shape index (κ2) is 6.91. The second-order valence-corrected chi connectivity index (χ2v) is 4.63. The van der Waals surface area contributed by atoms with Crippen molar-refractivity contribution in [3.05, 3.63) is 42.0 Å². The van der Waals surface area contributed by atoms with Gasteiger partial charge in [-0.3, -0.25) is 4.79 Å². The third-order valence-electron chi connectivity index (χ3n) is 3.19. The van der Waals surface area contributed by atoms with E-state index in [9.17, 15) is 4.79 Å². The highest BCUT2D eigenvalue weighted by molar-refractivity contribution is 5.91. The van der Waals surface area contributed by atoms with Gasteiger partial charge in [-0.05, 0) is 17.0 Å². The van der Waals surface area contributed by atoms with Crippen molar-refractivity contribution in [1.29, 1.82) is 0 Å². The average molecular weight is 272 g/mol. The summed E-state index contributed by atoms with van der Waals surface area (Å²) in [6, 6.07) is 12.3. The van der Waals surface area contributed by atoms with Crippen LogP contribution in [0, 0.1) is 0 Å². The molecule has 0 radical (unpaired) electrons. The van der Waals surface area contributed by atoms with Crippen molar-refractivity contribution < 1.29 is 9.53 Å². The Bertz CT molecular complexity index is 596. The molecule has 2 aromatic rings. The zero-order valence-electron chi connectivity index (χ0n) is 11.9. The Kier molecular flexibility index (Phi) is 4.96. The van der Waals surface area contributed by atoms with Crippen LogP contribution in [0.5, 0.6) is 5.75 Å². The van der Waals surface area contributed by atoms with E-state index < -0.39 is 0 Å². The Labute approximate surface area is 119 Å². The number of ether oxygens (including phenoxy) is 1. The number of hydrogen-bond donors (Lipinski definition) is 2. The summed E-state index contributed by atoms with van der Waals surface area (Å²) in [6.45, 7) is 3.68. The van der Waals surface area contributed by atoms with E-state index in [0.29, 0.717) is 6.54 Å². The molecule has 0 atom stereocenters. The SMILES string of the molecule is COc1ccc(CNCCNC(C)=O)c2ccccc12. The van der Waals surface area contributed by atoms with Gasteiger partial charge in [0.25, 0.3) is 0 Å². The van der Waals surface area contributed by atoms with Gasteiger partial charge in [0.15, 0.2) is 0 Å². The van der Waals surface area contributed by atoms with E-state index in [1.807, 2.05) is 18.2 Å². The predicted molar refractivity (Wildman–Crippen MR) is 80.9 cm³/mol. The molecule has 0 aliphatic rings. The van der Waals surface area contributed by atoms with Crippen LogP contribution in [0.25, 0.3) is 10.8 Å². The Balaban J connectivity index is 2.05. The number of benzene rings is 2. The summed E-state index contributed by atoms with van der Waals surface area (Å²) in [5.41, 5.74) is 1.23. The van der Waals surface area contributed by atoms with E-state index in [1.165, 1.54) is 17.9 Å². The number of nitrogens with one attached hydrogen (secondary N) is 2.